The maximum absolute atomic E-state index is 12.0. The lowest BCUT2D eigenvalue weighted by atomic mass is 9.98. The largest absolute Gasteiger partial charge is 0.355 e. The molecule has 0 aromatic carbocycles. The second-order valence-corrected chi connectivity index (χ2v) is 6.17. The van der Waals surface area contributed by atoms with Crippen molar-refractivity contribution in [2.75, 3.05) is 32.7 Å². The molecule has 3 rings (SSSR count). The summed E-state index contributed by atoms with van der Waals surface area (Å²) in [6.07, 6.45) is 6.24. The van der Waals surface area contributed by atoms with Crippen molar-refractivity contribution in [2.24, 2.45) is 11.8 Å². The molecule has 2 aliphatic heterocycles. The van der Waals surface area contributed by atoms with E-state index in [1.807, 2.05) is 0 Å². The molecule has 4 nitrogen and oxygen atoms in total. The van der Waals surface area contributed by atoms with Crippen LogP contribution in [0, 0.1) is 11.8 Å². The number of nitrogens with zero attached hydrogens (tertiary/aromatic N) is 1. The van der Waals surface area contributed by atoms with Crippen LogP contribution >= 0.6 is 24.8 Å². The highest BCUT2D eigenvalue weighted by Gasteiger charge is 2.34. The Kier molecular flexibility index (Phi) is 7.59. The fraction of sp³-hybridized carbons (Fsp3) is 0.929. The maximum Gasteiger partial charge on any atom is 0.224 e. The zero-order valence-electron chi connectivity index (χ0n) is 12.0. The molecule has 2 saturated heterocycles. The van der Waals surface area contributed by atoms with Gasteiger partial charge in [-0.15, -0.1) is 24.8 Å². The molecule has 0 aromatic rings. The molecule has 118 valence electrons. The number of rotatable bonds is 4. The van der Waals surface area contributed by atoms with Crippen LogP contribution in [0.1, 0.15) is 32.1 Å². The van der Waals surface area contributed by atoms with E-state index in [2.05, 4.69) is 15.5 Å². The van der Waals surface area contributed by atoms with Gasteiger partial charge in [-0.1, -0.05) is 0 Å². The van der Waals surface area contributed by atoms with Gasteiger partial charge in [0, 0.05) is 25.7 Å². The molecular weight excluding hydrogens is 297 g/mol. The number of carbonyl (C=O) groups excluding carboxylic acids is 1. The fourth-order valence-electron chi connectivity index (χ4n) is 3.27. The SMILES string of the molecule is Cl.Cl.O=C(NCC1CCN(C2CC2)C1)C1CCCNC1. The highest BCUT2D eigenvalue weighted by molar-refractivity contribution is 5.85. The van der Waals surface area contributed by atoms with Crippen molar-refractivity contribution in [3.05, 3.63) is 0 Å². The zero-order valence-corrected chi connectivity index (χ0v) is 13.6. The van der Waals surface area contributed by atoms with E-state index in [0.29, 0.717) is 5.92 Å². The molecule has 3 aliphatic rings. The van der Waals surface area contributed by atoms with Crippen LogP contribution in [0.15, 0.2) is 0 Å². The summed E-state index contributed by atoms with van der Waals surface area (Å²) in [4.78, 5) is 14.6. The Bertz CT molecular complexity index is 307. The van der Waals surface area contributed by atoms with Crippen molar-refractivity contribution in [1.82, 2.24) is 15.5 Å². The summed E-state index contributed by atoms with van der Waals surface area (Å²) in [6.45, 7) is 5.27. The van der Waals surface area contributed by atoms with E-state index in [1.54, 1.807) is 0 Å². The first-order chi connectivity index (χ1) is 8.83. The van der Waals surface area contributed by atoms with Gasteiger partial charge in [-0.3, -0.25) is 4.79 Å². The summed E-state index contributed by atoms with van der Waals surface area (Å²) < 4.78 is 0. The molecule has 3 fully saturated rings. The third-order valence-electron chi connectivity index (χ3n) is 4.61. The Morgan fingerprint density at radius 1 is 1.20 bits per heavy atom. The minimum atomic E-state index is 0. The highest BCUT2D eigenvalue weighted by atomic mass is 35.5. The smallest absolute Gasteiger partial charge is 0.224 e. The zero-order chi connectivity index (χ0) is 12.4. The first-order valence-electron chi connectivity index (χ1n) is 7.55. The maximum atomic E-state index is 12.0. The van der Waals surface area contributed by atoms with E-state index in [9.17, 15) is 4.79 Å². The molecule has 2 N–H and O–H groups in total. The minimum absolute atomic E-state index is 0. The Morgan fingerprint density at radius 3 is 2.65 bits per heavy atom. The van der Waals surface area contributed by atoms with Crippen LogP contribution < -0.4 is 10.6 Å². The molecule has 0 aromatic heterocycles. The molecule has 0 spiro atoms. The summed E-state index contributed by atoms with van der Waals surface area (Å²) in [5.74, 6) is 1.16. The molecule has 0 bridgehead atoms. The topological polar surface area (TPSA) is 44.4 Å². The number of hydrogen-bond acceptors (Lipinski definition) is 3. The van der Waals surface area contributed by atoms with Crippen LogP contribution in [0.2, 0.25) is 0 Å². The van der Waals surface area contributed by atoms with Crippen LogP contribution in [0.5, 0.6) is 0 Å². The molecular formula is C14H27Cl2N3O. The minimum Gasteiger partial charge on any atom is -0.355 e. The second-order valence-electron chi connectivity index (χ2n) is 6.17. The number of nitrogens with one attached hydrogen (secondary N) is 2. The standard InChI is InChI=1S/C14H25N3O.2ClH/c18-14(12-2-1-6-15-9-12)16-8-11-5-7-17(10-11)13-3-4-13;;/h11-13,15H,1-10H2,(H,16,18);2*1H. The first kappa shape index (κ1) is 18.0. The van der Waals surface area contributed by atoms with Gasteiger partial charge in [0.1, 0.15) is 0 Å². The molecule has 2 atom stereocenters. The number of hydrogen-bond donors (Lipinski definition) is 2. The third kappa shape index (κ3) is 4.76. The van der Waals surface area contributed by atoms with E-state index in [1.165, 1.54) is 32.4 Å². The van der Waals surface area contributed by atoms with Crippen molar-refractivity contribution in [3.63, 3.8) is 0 Å². The molecule has 1 amide bonds. The summed E-state index contributed by atoms with van der Waals surface area (Å²) in [5.41, 5.74) is 0. The van der Waals surface area contributed by atoms with Gasteiger partial charge in [0.25, 0.3) is 0 Å². The monoisotopic (exact) mass is 323 g/mol. The quantitative estimate of drug-likeness (QED) is 0.822. The van der Waals surface area contributed by atoms with Gasteiger partial charge in [-0.2, -0.15) is 0 Å². The molecule has 1 aliphatic carbocycles. The van der Waals surface area contributed by atoms with Crippen LogP contribution in [0.4, 0.5) is 0 Å². The van der Waals surface area contributed by atoms with E-state index < -0.39 is 0 Å². The third-order valence-corrected chi connectivity index (χ3v) is 4.61. The summed E-state index contributed by atoms with van der Waals surface area (Å²) in [5, 5.41) is 6.47. The number of piperidine rings is 1. The summed E-state index contributed by atoms with van der Waals surface area (Å²) >= 11 is 0. The summed E-state index contributed by atoms with van der Waals surface area (Å²) in [7, 11) is 0. The van der Waals surface area contributed by atoms with Crippen LogP contribution in [-0.4, -0.2) is 49.6 Å². The lowest BCUT2D eigenvalue weighted by molar-refractivity contribution is -0.125. The fourth-order valence-corrected chi connectivity index (χ4v) is 3.27. The van der Waals surface area contributed by atoms with Crippen molar-refractivity contribution in [3.8, 4) is 0 Å². The van der Waals surface area contributed by atoms with Gasteiger partial charge < -0.3 is 15.5 Å². The lowest BCUT2D eigenvalue weighted by Gasteiger charge is -2.23. The first-order valence-corrected chi connectivity index (χ1v) is 7.55. The molecule has 1 saturated carbocycles. The van der Waals surface area contributed by atoms with Crippen molar-refractivity contribution in [1.29, 1.82) is 0 Å². The number of halogens is 2. The van der Waals surface area contributed by atoms with Gasteiger partial charge in [0.2, 0.25) is 5.91 Å². The molecule has 2 heterocycles. The van der Waals surface area contributed by atoms with Crippen LogP contribution in [0.25, 0.3) is 0 Å². The average molecular weight is 324 g/mol. The Labute approximate surface area is 134 Å². The molecule has 2 unspecified atom stereocenters. The highest BCUT2D eigenvalue weighted by Crippen LogP contribution is 2.31. The lowest BCUT2D eigenvalue weighted by Crippen LogP contribution is -2.42. The molecule has 6 heteroatoms. The number of likely N-dealkylation sites (tertiary alicyclic amines) is 1. The van der Waals surface area contributed by atoms with E-state index in [-0.39, 0.29) is 36.6 Å². The van der Waals surface area contributed by atoms with Gasteiger partial charge in [0.15, 0.2) is 0 Å². The predicted molar refractivity (Wildman–Crippen MR) is 85.8 cm³/mol. The van der Waals surface area contributed by atoms with Crippen molar-refractivity contribution < 1.29 is 4.79 Å². The van der Waals surface area contributed by atoms with Gasteiger partial charge in [0.05, 0.1) is 5.92 Å². The number of carbonyl (C=O) groups is 1. The molecule has 0 radical (unpaired) electrons. The number of amides is 1. The van der Waals surface area contributed by atoms with Crippen LogP contribution in [0.3, 0.4) is 0 Å². The Morgan fingerprint density at radius 2 is 2.00 bits per heavy atom. The molecule has 20 heavy (non-hydrogen) atoms. The van der Waals surface area contributed by atoms with Gasteiger partial charge >= 0.3 is 0 Å². The van der Waals surface area contributed by atoms with Crippen molar-refractivity contribution in [2.45, 2.75) is 38.1 Å². The summed E-state index contributed by atoms with van der Waals surface area (Å²) in [6, 6.07) is 0.883. The average Bonchev–Trinajstić information content (AvgIpc) is 3.16. The van der Waals surface area contributed by atoms with Crippen LogP contribution in [-0.2, 0) is 4.79 Å². The van der Waals surface area contributed by atoms with Gasteiger partial charge in [-0.25, -0.2) is 0 Å². The van der Waals surface area contributed by atoms with E-state index >= 15 is 0 Å². The van der Waals surface area contributed by atoms with E-state index in [4.69, 9.17) is 0 Å². The van der Waals surface area contributed by atoms with E-state index in [0.717, 1.165) is 38.5 Å². The van der Waals surface area contributed by atoms with Crippen molar-refractivity contribution >= 4 is 30.7 Å². The second kappa shape index (κ2) is 8.42. The van der Waals surface area contributed by atoms with Gasteiger partial charge in [-0.05, 0) is 51.1 Å². The predicted octanol–water partition coefficient (Wildman–Crippen LogP) is 1.43. The normalized spacial score (nSPS) is 30.2. The Hall–Kier alpha value is -0.0300. The Balaban J connectivity index is 0.000001000.